The molecule has 0 aliphatic carbocycles. The second-order valence-corrected chi connectivity index (χ2v) is 13.2. The number of rotatable bonds is 8. The van der Waals surface area contributed by atoms with Crippen LogP contribution in [0.25, 0.3) is 5.65 Å². The maximum Gasteiger partial charge on any atom is 0.323 e. The van der Waals surface area contributed by atoms with Gasteiger partial charge in [-0.2, -0.15) is 0 Å². The molecule has 4 N–H and O–H groups in total. The van der Waals surface area contributed by atoms with E-state index in [1.165, 1.54) is 0 Å². The molecule has 0 aliphatic heterocycles. The lowest BCUT2D eigenvalue weighted by Gasteiger charge is -2.40. The molecule has 2 heterocycles. The second kappa shape index (κ2) is 11.5. The number of ether oxygens (including phenoxy) is 1. The number of aryl methyl sites for hydroxylation is 1. The van der Waals surface area contributed by atoms with Crippen molar-refractivity contribution >= 4 is 52.2 Å². The van der Waals surface area contributed by atoms with Gasteiger partial charge in [0.25, 0.3) is 5.91 Å². The van der Waals surface area contributed by atoms with Gasteiger partial charge in [-0.15, -0.1) is 10.2 Å². The number of urea groups is 1. The molecule has 4 aromatic rings. The van der Waals surface area contributed by atoms with E-state index in [1.54, 1.807) is 40.9 Å². The van der Waals surface area contributed by atoms with E-state index in [9.17, 15) is 9.59 Å². The monoisotopic (exact) mass is 613 g/mol. The highest BCUT2D eigenvalue weighted by atomic mass is 35.5. The molecular weight excluding hydrogens is 577 g/mol. The molecule has 0 fully saturated rings. The normalized spacial score (nSPS) is 12.3. The third-order valence-electron chi connectivity index (χ3n) is 7.49. The van der Waals surface area contributed by atoms with Crippen LogP contribution in [0.5, 0.6) is 5.75 Å². The Morgan fingerprint density at radius 2 is 1.62 bits per heavy atom. The highest BCUT2D eigenvalue weighted by molar-refractivity contribution is 6.34. The van der Waals surface area contributed by atoms with E-state index in [2.05, 4.69) is 52.0 Å². The van der Waals surface area contributed by atoms with Crippen molar-refractivity contribution in [3.8, 4) is 5.75 Å². The number of H-pyrrole nitrogens is 1. The molecule has 0 unspecified atom stereocenters. The van der Waals surface area contributed by atoms with Crippen molar-refractivity contribution in [2.75, 3.05) is 17.2 Å². The number of nitrogens with one attached hydrogen (secondary N) is 4. The van der Waals surface area contributed by atoms with Gasteiger partial charge in [0.15, 0.2) is 18.1 Å². The molecule has 2 aromatic carbocycles. The summed E-state index contributed by atoms with van der Waals surface area (Å²) in [6.07, 6.45) is 0. The minimum atomic E-state index is -0.777. The zero-order valence-corrected chi connectivity index (χ0v) is 26.6. The predicted molar refractivity (Wildman–Crippen MR) is 167 cm³/mol. The number of halogens is 2. The van der Waals surface area contributed by atoms with Gasteiger partial charge in [0.05, 0.1) is 22.1 Å². The Morgan fingerprint density at radius 3 is 2.31 bits per heavy atom. The first kappa shape index (κ1) is 31.2. The van der Waals surface area contributed by atoms with Crippen molar-refractivity contribution in [2.24, 2.45) is 0 Å². The number of nitrogens with zero attached hydrogens (tertiary/aromatic N) is 3. The van der Waals surface area contributed by atoms with Crippen molar-refractivity contribution in [2.45, 2.75) is 71.8 Å². The molecule has 0 aliphatic rings. The Morgan fingerprint density at radius 1 is 0.952 bits per heavy atom. The average molecular weight is 615 g/mol. The van der Waals surface area contributed by atoms with Crippen LogP contribution in [-0.4, -0.2) is 43.9 Å². The fourth-order valence-electron chi connectivity index (χ4n) is 4.38. The van der Waals surface area contributed by atoms with E-state index in [-0.39, 0.29) is 17.9 Å². The smallest absolute Gasteiger partial charge is 0.323 e. The highest BCUT2D eigenvalue weighted by Gasteiger charge is 2.44. The number of para-hydroxylation sites is 2. The molecule has 12 heteroatoms. The SMILES string of the molecule is Cc1ccc(Cl)c(NC(=O)Nc2ccccc2OCC(=O)NC(C)(C)C(C)(C)c2nnc3c(Cl)c(C(C)(C)C)[nH]n23)c1. The summed E-state index contributed by atoms with van der Waals surface area (Å²) in [5.74, 6) is 0.611. The molecule has 10 nitrogen and oxygen atoms in total. The first-order valence-corrected chi connectivity index (χ1v) is 14.3. The number of fused-ring (bicyclic) bond motifs is 1. The Kier molecular flexibility index (Phi) is 8.53. The molecule has 0 saturated heterocycles. The lowest BCUT2D eigenvalue weighted by Crippen LogP contribution is -2.57. The van der Waals surface area contributed by atoms with E-state index >= 15 is 0 Å². The topological polar surface area (TPSA) is 125 Å². The van der Waals surface area contributed by atoms with Crippen molar-refractivity contribution in [3.63, 3.8) is 0 Å². The van der Waals surface area contributed by atoms with Crippen molar-refractivity contribution in [3.05, 3.63) is 69.6 Å². The van der Waals surface area contributed by atoms with Gasteiger partial charge in [-0.3, -0.25) is 9.89 Å². The van der Waals surface area contributed by atoms with Crippen LogP contribution < -0.4 is 20.7 Å². The summed E-state index contributed by atoms with van der Waals surface area (Å²) in [7, 11) is 0. The number of aromatic nitrogens is 4. The number of anilines is 2. The van der Waals surface area contributed by atoms with Crippen LogP contribution in [0, 0.1) is 6.92 Å². The number of hydrogen-bond acceptors (Lipinski definition) is 5. The van der Waals surface area contributed by atoms with Crippen LogP contribution in [0.15, 0.2) is 42.5 Å². The second-order valence-electron chi connectivity index (χ2n) is 12.4. The van der Waals surface area contributed by atoms with Crippen LogP contribution >= 0.6 is 23.2 Å². The molecule has 4 rings (SSSR count). The summed E-state index contributed by atoms with van der Waals surface area (Å²) in [5.41, 5.74) is 1.54. The van der Waals surface area contributed by atoms with Crippen LogP contribution in [0.2, 0.25) is 10.0 Å². The molecule has 3 amide bonds. The van der Waals surface area contributed by atoms with Gasteiger partial charge in [0.1, 0.15) is 10.8 Å². The molecule has 42 heavy (non-hydrogen) atoms. The van der Waals surface area contributed by atoms with Crippen LogP contribution in [-0.2, 0) is 15.6 Å². The van der Waals surface area contributed by atoms with Crippen LogP contribution in [0.4, 0.5) is 16.2 Å². The third-order valence-corrected chi connectivity index (χ3v) is 8.18. The Labute approximate surface area is 255 Å². The van der Waals surface area contributed by atoms with Gasteiger partial charge in [0.2, 0.25) is 0 Å². The van der Waals surface area contributed by atoms with Crippen molar-refractivity contribution in [1.29, 1.82) is 0 Å². The zero-order chi connectivity index (χ0) is 31.0. The maximum atomic E-state index is 13.1. The summed E-state index contributed by atoms with van der Waals surface area (Å²) in [4.78, 5) is 25.8. The largest absolute Gasteiger partial charge is 0.482 e. The Bertz CT molecular complexity index is 1630. The number of benzene rings is 2. The highest BCUT2D eigenvalue weighted by Crippen LogP contribution is 2.37. The average Bonchev–Trinajstić information content (AvgIpc) is 3.46. The van der Waals surface area contributed by atoms with E-state index in [1.807, 2.05) is 40.7 Å². The molecule has 2 aromatic heterocycles. The summed E-state index contributed by atoms with van der Waals surface area (Å²) < 4.78 is 7.61. The summed E-state index contributed by atoms with van der Waals surface area (Å²) >= 11 is 12.8. The number of amides is 3. The first-order chi connectivity index (χ1) is 19.5. The van der Waals surface area contributed by atoms with Crippen LogP contribution in [0.3, 0.4) is 0 Å². The lowest BCUT2D eigenvalue weighted by molar-refractivity contribution is -0.125. The Hall–Kier alpha value is -3.76. The minimum absolute atomic E-state index is 0.222. The lowest BCUT2D eigenvalue weighted by atomic mass is 9.73. The summed E-state index contributed by atoms with van der Waals surface area (Å²) in [5, 5.41) is 21.6. The van der Waals surface area contributed by atoms with Gasteiger partial charge in [-0.25, -0.2) is 9.31 Å². The molecular formula is C30H37Cl2N7O3. The number of carbonyl (C=O) groups is 2. The van der Waals surface area contributed by atoms with E-state index in [0.29, 0.717) is 38.6 Å². The summed E-state index contributed by atoms with van der Waals surface area (Å²) in [6, 6.07) is 11.7. The predicted octanol–water partition coefficient (Wildman–Crippen LogP) is 6.87. The third kappa shape index (κ3) is 6.34. The van der Waals surface area contributed by atoms with Crippen molar-refractivity contribution in [1.82, 2.24) is 25.1 Å². The van der Waals surface area contributed by atoms with Gasteiger partial charge in [-0.05, 0) is 50.6 Å². The Balaban J connectivity index is 1.44. The molecule has 0 atom stereocenters. The quantitative estimate of drug-likeness (QED) is 0.173. The number of aromatic amines is 1. The van der Waals surface area contributed by atoms with Gasteiger partial charge >= 0.3 is 6.03 Å². The van der Waals surface area contributed by atoms with Crippen LogP contribution in [0.1, 0.15) is 65.5 Å². The number of carbonyl (C=O) groups excluding carboxylic acids is 2. The minimum Gasteiger partial charge on any atom is -0.482 e. The molecule has 0 spiro atoms. The van der Waals surface area contributed by atoms with Gasteiger partial charge < -0.3 is 20.7 Å². The van der Waals surface area contributed by atoms with Crippen molar-refractivity contribution < 1.29 is 14.3 Å². The van der Waals surface area contributed by atoms with E-state index in [4.69, 9.17) is 27.9 Å². The molecule has 0 saturated carbocycles. The van der Waals surface area contributed by atoms with Gasteiger partial charge in [-0.1, -0.05) is 76.0 Å². The maximum absolute atomic E-state index is 13.1. The number of hydrogen-bond donors (Lipinski definition) is 4. The van der Waals surface area contributed by atoms with E-state index < -0.39 is 17.0 Å². The first-order valence-electron chi connectivity index (χ1n) is 13.5. The van der Waals surface area contributed by atoms with E-state index in [0.717, 1.165) is 11.3 Å². The summed E-state index contributed by atoms with van der Waals surface area (Å²) in [6.45, 7) is 15.6. The zero-order valence-electron chi connectivity index (χ0n) is 25.1. The molecule has 0 radical (unpaired) electrons. The standard InChI is InChI=1S/C30H37Cl2N7O3/c1-17-13-14-18(31)20(15-17)34-27(41)33-19-11-9-10-12-21(19)42-16-22(40)35-30(7,8)29(5,6)26-37-36-25-23(32)24(28(2,3)4)38-39(25)26/h9-15,38H,16H2,1-8H3,(H,35,40)(H2,33,34,41). The fraction of sp³-hybridized carbons (Fsp3) is 0.400. The van der Waals surface area contributed by atoms with Gasteiger partial charge in [0, 0.05) is 16.4 Å². The fourth-order valence-corrected chi connectivity index (χ4v) is 4.99. The molecule has 0 bridgehead atoms. The molecule has 224 valence electrons.